The van der Waals surface area contributed by atoms with E-state index in [-0.39, 0.29) is 16.7 Å². The number of carbonyl (C=O) groups excluding carboxylic acids is 1. The number of rotatable bonds is 4. The van der Waals surface area contributed by atoms with Gasteiger partial charge in [0.1, 0.15) is 5.75 Å². The first-order chi connectivity index (χ1) is 15.1. The van der Waals surface area contributed by atoms with E-state index in [0.29, 0.717) is 10.6 Å². The van der Waals surface area contributed by atoms with Gasteiger partial charge in [-0.2, -0.15) is 0 Å². The second-order valence-electron chi connectivity index (χ2n) is 11.6. The number of pyridine rings is 1. The minimum absolute atomic E-state index is 0.108. The number of hydrogen-bond donors (Lipinski definition) is 1. The maximum atomic E-state index is 13.4. The largest absolute Gasteiger partial charge is 0.544 e. The van der Waals surface area contributed by atoms with E-state index in [1.807, 2.05) is 30.3 Å². The molecule has 3 aromatic rings. The minimum Gasteiger partial charge on any atom is -0.544 e. The Balaban J connectivity index is 2.14. The van der Waals surface area contributed by atoms with Crippen molar-refractivity contribution >= 4 is 42.4 Å². The van der Waals surface area contributed by atoms with Crippen LogP contribution in [0.1, 0.15) is 63.0 Å². The summed E-state index contributed by atoms with van der Waals surface area (Å²) in [6, 6.07) is 11.7. The van der Waals surface area contributed by atoms with E-state index in [2.05, 4.69) is 77.6 Å². The molecule has 3 rings (SSSR count). The van der Waals surface area contributed by atoms with Gasteiger partial charge in [-0.15, -0.1) is 0 Å². The van der Waals surface area contributed by atoms with Gasteiger partial charge in [0.15, 0.2) is 0 Å². The molecule has 1 N–H and O–H groups in total. The Bertz CT molecular complexity index is 1200. The summed E-state index contributed by atoms with van der Waals surface area (Å²) in [7, 11) is -1.88. The number of benzene rings is 2. The van der Waals surface area contributed by atoms with Crippen LogP contribution in [0.4, 0.5) is 5.69 Å². The van der Waals surface area contributed by atoms with Crippen LogP contribution in [-0.2, 0) is 10.8 Å². The number of nitrogens with one attached hydrogen (secondary N) is 1. The highest BCUT2D eigenvalue weighted by Gasteiger charge is 2.29. The van der Waals surface area contributed by atoms with Gasteiger partial charge in [0.25, 0.3) is 5.91 Å². The molecule has 0 saturated heterocycles. The Morgan fingerprint density at radius 3 is 2.15 bits per heavy atom. The molecule has 2 aromatic carbocycles. The molecule has 0 bridgehead atoms. The molecule has 33 heavy (non-hydrogen) atoms. The fraction of sp³-hybridized carbons (Fsp3) is 0.407. The van der Waals surface area contributed by atoms with Crippen LogP contribution in [-0.4, -0.2) is 19.2 Å². The lowest BCUT2D eigenvalue weighted by Crippen LogP contribution is -2.31. The van der Waals surface area contributed by atoms with E-state index in [9.17, 15) is 4.79 Å². The summed E-state index contributed by atoms with van der Waals surface area (Å²) in [4.78, 5) is 17.8. The first kappa shape index (κ1) is 25.3. The summed E-state index contributed by atoms with van der Waals surface area (Å²) in [5.41, 5.74) is 3.73. The molecule has 0 saturated carbocycles. The van der Waals surface area contributed by atoms with Gasteiger partial charge in [-0.3, -0.25) is 9.78 Å². The van der Waals surface area contributed by atoms with E-state index in [4.69, 9.17) is 16.0 Å². The van der Waals surface area contributed by atoms with Gasteiger partial charge in [0, 0.05) is 23.3 Å². The summed E-state index contributed by atoms with van der Waals surface area (Å²) in [5.74, 6) is 0.541. The Labute approximate surface area is 203 Å². The van der Waals surface area contributed by atoms with E-state index in [0.717, 1.165) is 33.5 Å². The van der Waals surface area contributed by atoms with E-state index >= 15 is 0 Å². The van der Waals surface area contributed by atoms with Gasteiger partial charge in [0.05, 0.1) is 16.1 Å². The Kier molecular flexibility index (Phi) is 6.71. The molecule has 1 heterocycles. The van der Waals surface area contributed by atoms with Gasteiger partial charge in [0.2, 0.25) is 8.32 Å². The number of amides is 1. The molecular formula is C27H35ClN2O2Si. The number of fused-ring (bicyclic) bond motifs is 1. The van der Waals surface area contributed by atoms with Crippen LogP contribution in [0.2, 0.25) is 24.7 Å². The number of nitrogens with zero attached hydrogens (tertiary/aromatic N) is 1. The van der Waals surface area contributed by atoms with Crippen molar-refractivity contribution in [1.29, 1.82) is 0 Å². The average Bonchev–Trinajstić information content (AvgIpc) is 2.65. The molecule has 0 aliphatic rings. The molecule has 0 fully saturated rings. The summed E-state index contributed by atoms with van der Waals surface area (Å²) in [5, 5.41) is 4.28. The van der Waals surface area contributed by atoms with Crippen LogP contribution in [0, 0.1) is 0 Å². The molecule has 1 aromatic heterocycles. The number of carbonyl (C=O) groups is 1. The Hall–Kier alpha value is -2.37. The van der Waals surface area contributed by atoms with Crippen molar-refractivity contribution in [3.05, 3.63) is 64.3 Å². The highest BCUT2D eigenvalue weighted by molar-refractivity contribution is 6.70. The van der Waals surface area contributed by atoms with Crippen molar-refractivity contribution in [3.63, 3.8) is 0 Å². The Morgan fingerprint density at radius 1 is 0.970 bits per heavy atom. The normalized spacial score (nSPS) is 12.7. The lowest BCUT2D eigenvalue weighted by Gasteiger charge is -2.32. The lowest BCUT2D eigenvalue weighted by molar-refractivity contribution is 0.102. The molecule has 1 amide bonds. The van der Waals surface area contributed by atoms with Crippen molar-refractivity contribution in [3.8, 4) is 5.75 Å². The van der Waals surface area contributed by atoms with Crippen LogP contribution in [0.25, 0.3) is 10.9 Å². The molecule has 0 atom stereocenters. The number of aromatic nitrogens is 1. The third kappa shape index (κ3) is 5.77. The van der Waals surface area contributed by atoms with Crippen LogP contribution in [0.15, 0.2) is 42.6 Å². The molecule has 6 heteroatoms. The van der Waals surface area contributed by atoms with Gasteiger partial charge in [-0.25, -0.2) is 0 Å². The zero-order chi connectivity index (χ0) is 24.8. The topological polar surface area (TPSA) is 51.2 Å². The fourth-order valence-electron chi connectivity index (χ4n) is 3.76. The van der Waals surface area contributed by atoms with Crippen molar-refractivity contribution < 1.29 is 9.22 Å². The fourth-order valence-corrected chi connectivity index (χ4v) is 4.88. The second kappa shape index (κ2) is 8.77. The third-order valence-electron chi connectivity index (χ3n) is 5.35. The Morgan fingerprint density at radius 2 is 1.58 bits per heavy atom. The monoisotopic (exact) mass is 482 g/mol. The molecule has 0 aliphatic carbocycles. The highest BCUT2D eigenvalue weighted by atomic mass is 35.5. The number of hydrogen-bond acceptors (Lipinski definition) is 3. The number of halogens is 1. The summed E-state index contributed by atoms with van der Waals surface area (Å²) < 4.78 is 6.49. The van der Waals surface area contributed by atoms with E-state index < -0.39 is 8.32 Å². The molecule has 0 aliphatic heterocycles. The maximum absolute atomic E-state index is 13.4. The van der Waals surface area contributed by atoms with Crippen molar-refractivity contribution in [2.75, 3.05) is 5.32 Å². The summed E-state index contributed by atoms with van der Waals surface area (Å²) >= 11 is 6.62. The predicted molar refractivity (Wildman–Crippen MR) is 143 cm³/mol. The van der Waals surface area contributed by atoms with Gasteiger partial charge >= 0.3 is 0 Å². The van der Waals surface area contributed by atoms with Crippen LogP contribution in [0.3, 0.4) is 0 Å². The van der Waals surface area contributed by atoms with Crippen LogP contribution >= 0.6 is 11.6 Å². The van der Waals surface area contributed by atoms with Crippen LogP contribution in [0.5, 0.6) is 5.75 Å². The SMILES string of the molecule is CC(C)(C)c1cc(C(C)(C)C)c(O[Si](C)(C)C)cc1NC(=O)c1cnc2ccccc2c1Cl. The van der Waals surface area contributed by atoms with E-state index in [1.165, 1.54) is 0 Å². The van der Waals surface area contributed by atoms with Gasteiger partial charge in [-0.05, 0) is 53.7 Å². The summed E-state index contributed by atoms with van der Waals surface area (Å²) in [6.45, 7) is 19.5. The molecule has 0 unspecified atom stereocenters. The molecule has 176 valence electrons. The van der Waals surface area contributed by atoms with Crippen LogP contribution < -0.4 is 9.74 Å². The molecule has 0 spiro atoms. The first-order valence-corrected chi connectivity index (χ1v) is 15.1. The predicted octanol–water partition coefficient (Wildman–Crippen LogP) is 7.95. The van der Waals surface area contributed by atoms with Crippen molar-refractivity contribution in [1.82, 2.24) is 4.98 Å². The van der Waals surface area contributed by atoms with Gasteiger partial charge < -0.3 is 9.74 Å². The molecular weight excluding hydrogens is 448 g/mol. The number of para-hydroxylation sites is 1. The zero-order valence-electron chi connectivity index (χ0n) is 21.2. The first-order valence-electron chi connectivity index (χ1n) is 11.3. The van der Waals surface area contributed by atoms with Gasteiger partial charge in [-0.1, -0.05) is 71.3 Å². The average molecular weight is 483 g/mol. The smallest absolute Gasteiger partial charge is 0.258 e. The molecule has 4 nitrogen and oxygen atoms in total. The summed E-state index contributed by atoms with van der Waals surface area (Å²) in [6.07, 6.45) is 1.54. The number of anilines is 1. The highest BCUT2D eigenvalue weighted by Crippen LogP contribution is 2.41. The maximum Gasteiger partial charge on any atom is 0.258 e. The standard InChI is InChI=1S/C27H35ClN2O2Si/c1-26(2,3)19-14-20(27(4,5)6)23(32-33(7,8)9)15-22(19)30-25(31)18-16-29-21-13-11-10-12-17(21)24(18)28/h10-16H,1-9H3,(H,30,31). The van der Waals surface area contributed by atoms with E-state index in [1.54, 1.807) is 6.20 Å². The second-order valence-corrected chi connectivity index (χ2v) is 16.4. The third-order valence-corrected chi connectivity index (χ3v) is 6.59. The van der Waals surface area contributed by atoms with Crippen molar-refractivity contribution in [2.45, 2.75) is 72.0 Å². The zero-order valence-corrected chi connectivity index (χ0v) is 22.9. The molecule has 0 radical (unpaired) electrons. The lowest BCUT2D eigenvalue weighted by atomic mass is 9.79. The minimum atomic E-state index is -1.88. The van der Waals surface area contributed by atoms with Crippen molar-refractivity contribution in [2.24, 2.45) is 0 Å². The quantitative estimate of drug-likeness (QED) is 0.384.